The summed E-state index contributed by atoms with van der Waals surface area (Å²) in [4.78, 5) is 25.0. The molecule has 1 aromatic carbocycles. The van der Waals surface area contributed by atoms with Gasteiger partial charge in [-0.1, -0.05) is 26.0 Å². The summed E-state index contributed by atoms with van der Waals surface area (Å²) in [5.41, 5.74) is 3.59. The first-order chi connectivity index (χ1) is 16.7. The van der Waals surface area contributed by atoms with E-state index in [1.54, 1.807) is 0 Å². The van der Waals surface area contributed by atoms with E-state index in [4.69, 9.17) is 19.4 Å². The molecule has 0 N–H and O–H groups in total. The van der Waals surface area contributed by atoms with Crippen molar-refractivity contribution in [1.29, 1.82) is 0 Å². The molecule has 5 rings (SSSR count). The Balaban J connectivity index is 1.60. The van der Waals surface area contributed by atoms with Crippen molar-refractivity contribution in [3.8, 4) is 5.75 Å². The van der Waals surface area contributed by atoms with Crippen molar-refractivity contribution < 1.29 is 14.3 Å². The number of aryl methyl sites for hydroxylation is 2. The lowest BCUT2D eigenvalue weighted by atomic mass is 10.2. The van der Waals surface area contributed by atoms with Gasteiger partial charge in [-0.25, -0.2) is 9.97 Å². The molecule has 1 aliphatic heterocycles. The molecule has 1 aliphatic rings. The van der Waals surface area contributed by atoms with Crippen molar-refractivity contribution in [1.82, 2.24) is 23.8 Å². The molecule has 0 aliphatic carbocycles. The minimum atomic E-state index is -0.221. The standard InChI is InChI=1S/C26H33N5O3/c1-3-8-22-28-25-24(26-27-19-10-5-6-11-20(19)31(22)26)21(34-23(32)9-4-2)18-30(25)13-7-12-29-14-16-33-17-15-29/h5-6,10-11,18H,3-4,7-9,12-17H2,1-2H3. The summed E-state index contributed by atoms with van der Waals surface area (Å²) in [7, 11) is 0. The van der Waals surface area contributed by atoms with Crippen LogP contribution in [-0.2, 0) is 22.5 Å². The third-order valence-corrected chi connectivity index (χ3v) is 6.42. The van der Waals surface area contributed by atoms with Crippen LogP contribution in [-0.4, -0.2) is 62.7 Å². The summed E-state index contributed by atoms with van der Waals surface area (Å²) in [5, 5.41) is 0.812. The fourth-order valence-electron chi connectivity index (χ4n) is 4.78. The lowest BCUT2D eigenvalue weighted by Crippen LogP contribution is -2.37. The minimum absolute atomic E-state index is 0.221. The van der Waals surface area contributed by atoms with Crippen LogP contribution in [0.15, 0.2) is 30.5 Å². The zero-order valence-corrected chi connectivity index (χ0v) is 20.1. The average molecular weight is 464 g/mol. The summed E-state index contributed by atoms with van der Waals surface area (Å²) >= 11 is 0. The van der Waals surface area contributed by atoms with Crippen LogP contribution >= 0.6 is 0 Å². The number of morpholine rings is 1. The molecule has 4 heterocycles. The number of imidazole rings is 1. The lowest BCUT2D eigenvalue weighted by molar-refractivity contribution is -0.134. The first-order valence-corrected chi connectivity index (χ1v) is 12.5. The summed E-state index contributed by atoms with van der Waals surface area (Å²) in [5.74, 6) is 1.31. The van der Waals surface area contributed by atoms with Crippen molar-refractivity contribution in [2.75, 3.05) is 32.8 Å². The Hall–Kier alpha value is -2.97. The first kappa shape index (κ1) is 22.8. The molecule has 0 atom stereocenters. The highest BCUT2D eigenvalue weighted by atomic mass is 16.5. The van der Waals surface area contributed by atoms with Gasteiger partial charge in [0.2, 0.25) is 0 Å². The van der Waals surface area contributed by atoms with Gasteiger partial charge >= 0.3 is 5.97 Å². The van der Waals surface area contributed by atoms with E-state index in [0.29, 0.717) is 12.2 Å². The zero-order valence-electron chi connectivity index (χ0n) is 20.1. The molecule has 0 saturated carbocycles. The molecule has 8 heteroatoms. The molecule has 180 valence electrons. The van der Waals surface area contributed by atoms with Gasteiger partial charge in [-0.15, -0.1) is 0 Å². The molecule has 0 spiro atoms. The van der Waals surface area contributed by atoms with Gasteiger partial charge in [0.15, 0.2) is 11.4 Å². The molecule has 8 nitrogen and oxygen atoms in total. The SMILES string of the molecule is CCCC(=O)Oc1cn(CCCN2CCOCC2)c2nc(CCC)n3c4ccccc4nc3c12. The number of carbonyl (C=O) groups excluding carboxylic acids is 1. The van der Waals surface area contributed by atoms with Crippen LogP contribution in [0.2, 0.25) is 0 Å². The van der Waals surface area contributed by atoms with Crippen LogP contribution in [0.4, 0.5) is 0 Å². The Morgan fingerprint density at radius 3 is 2.68 bits per heavy atom. The van der Waals surface area contributed by atoms with Crippen molar-refractivity contribution >= 4 is 33.7 Å². The number of ether oxygens (including phenoxy) is 2. The van der Waals surface area contributed by atoms with Gasteiger partial charge in [-0.3, -0.25) is 14.1 Å². The van der Waals surface area contributed by atoms with E-state index in [0.717, 1.165) is 98.6 Å². The lowest BCUT2D eigenvalue weighted by Gasteiger charge is -2.26. The number of nitrogens with zero attached hydrogens (tertiary/aromatic N) is 5. The predicted octanol–water partition coefficient (Wildman–Crippen LogP) is 4.22. The fraction of sp³-hybridized carbons (Fsp3) is 0.500. The Bertz CT molecular complexity index is 1300. The number of hydrogen-bond acceptors (Lipinski definition) is 6. The fourth-order valence-corrected chi connectivity index (χ4v) is 4.78. The molecular weight excluding hydrogens is 430 g/mol. The Labute approximate surface area is 199 Å². The predicted molar refractivity (Wildman–Crippen MR) is 132 cm³/mol. The molecular formula is C26H33N5O3. The van der Waals surface area contributed by atoms with Gasteiger partial charge in [-0.2, -0.15) is 0 Å². The highest BCUT2D eigenvalue weighted by Gasteiger charge is 2.22. The van der Waals surface area contributed by atoms with Gasteiger partial charge in [0.25, 0.3) is 0 Å². The highest BCUT2D eigenvalue weighted by Crippen LogP contribution is 2.34. The van der Waals surface area contributed by atoms with Gasteiger partial charge in [0.1, 0.15) is 16.9 Å². The second-order valence-corrected chi connectivity index (χ2v) is 8.95. The molecule has 4 aromatic rings. The number of rotatable bonds is 9. The molecule has 0 amide bonds. The maximum atomic E-state index is 12.5. The molecule has 0 bridgehead atoms. The number of para-hydroxylation sites is 2. The van der Waals surface area contributed by atoms with Gasteiger partial charge < -0.3 is 14.0 Å². The second-order valence-electron chi connectivity index (χ2n) is 8.95. The largest absolute Gasteiger partial charge is 0.424 e. The monoisotopic (exact) mass is 463 g/mol. The third kappa shape index (κ3) is 4.40. The highest BCUT2D eigenvalue weighted by molar-refractivity contribution is 6.00. The van der Waals surface area contributed by atoms with E-state index < -0.39 is 0 Å². The van der Waals surface area contributed by atoms with E-state index in [1.165, 1.54) is 0 Å². The van der Waals surface area contributed by atoms with Crippen LogP contribution in [0.3, 0.4) is 0 Å². The molecule has 34 heavy (non-hydrogen) atoms. The number of hydrogen-bond donors (Lipinski definition) is 0. The number of esters is 1. The normalized spacial score (nSPS) is 15.0. The maximum absolute atomic E-state index is 12.5. The summed E-state index contributed by atoms with van der Waals surface area (Å²) in [6.07, 6.45) is 5.89. The molecule has 0 radical (unpaired) electrons. The minimum Gasteiger partial charge on any atom is -0.424 e. The van der Waals surface area contributed by atoms with Gasteiger partial charge in [0, 0.05) is 45.2 Å². The summed E-state index contributed by atoms with van der Waals surface area (Å²) in [6.45, 7) is 9.51. The number of carbonyl (C=O) groups is 1. The van der Waals surface area contributed by atoms with E-state index in [1.807, 2.05) is 31.3 Å². The molecule has 1 fully saturated rings. The van der Waals surface area contributed by atoms with E-state index >= 15 is 0 Å². The first-order valence-electron chi connectivity index (χ1n) is 12.5. The van der Waals surface area contributed by atoms with E-state index in [9.17, 15) is 4.79 Å². The molecule has 1 saturated heterocycles. The Kier molecular flexibility index (Phi) is 6.78. The van der Waals surface area contributed by atoms with Crippen LogP contribution in [0.5, 0.6) is 5.75 Å². The van der Waals surface area contributed by atoms with Gasteiger partial charge in [-0.05, 0) is 31.4 Å². The van der Waals surface area contributed by atoms with Crippen molar-refractivity contribution in [2.45, 2.75) is 52.5 Å². The topological polar surface area (TPSA) is 73.9 Å². The van der Waals surface area contributed by atoms with Crippen molar-refractivity contribution in [3.63, 3.8) is 0 Å². The smallest absolute Gasteiger partial charge is 0.311 e. The van der Waals surface area contributed by atoms with Crippen LogP contribution in [0, 0.1) is 0 Å². The van der Waals surface area contributed by atoms with Crippen molar-refractivity contribution in [3.05, 3.63) is 36.3 Å². The van der Waals surface area contributed by atoms with E-state index in [-0.39, 0.29) is 5.97 Å². The maximum Gasteiger partial charge on any atom is 0.311 e. The average Bonchev–Trinajstić information content (AvgIpc) is 3.39. The number of aromatic nitrogens is 4. The molecule has 0 unspecified atom stereocenters. The van der Waals surface area contributed by atoms with Crippen molar-refractivity contribution in [2.24, 2.45) is 0 Å². The number of benzene rings is 1. The second kappa shape index (κ2) is 10.1. The molecule has 3 aromatic heterocycles. The number of fused-ring (bicyclic) bond motifs is 5. The quantitative estimate of drug-likeness (QED) is 0.346. The van der Waals surface area contributed by atoms with Crippen LogP contribution in [0.1, 0.15) is 45.4 Å². The van der Waals surface area contributed by atoms with E-state index in [2.05, 4.69) is 26.9 Å². The zero-order chi connectivity index (χ0) is 23.5. The van der Waals surface area contributed by atoms with Gasteiger partial charge in [0.05, 0.1) is 24.2 Å². The summed E-state index contributed by atoms with van der Waals surface area (Å²) in [6, 6.07) is 8.11. The van der Waals surface area contributed by atoms with Crippen LogP contribution in [0.25, 0.3) is 27.7 Å². The Morgan fingerprint density at radius 2 is 1.88 bits per heavy atom. The van der Waals surface area contributed by atoms with Crippen LogP contribution < -0.4 is 4.74 Å². The third-order valence-electron chi connectivity index (χ3n) is 6.42. The Morgan fingerprint density at radius 1 is 1.06 bits per heavy atom. The summed E-state index contributed by atoms with van der Waals surface area (Å²) < 4.78 is 15.6.